The van der Waals surface area contributed by atoms with E-state index in [4.69, 9.17) is 14.5 Å². The fourth-order valence-electron chi connectivity index (χ4n) is 4.47. The number of nitrogens with zero attached hydrogens (tertiary/aromatic N) is 3. The number of anilines is 1. The molecule has 0 aliphatic carbocycles. The Morgan fingerprint density at radius 3 is 2.11 bits per heavy atom. The molecule has 2 heterocycles. The maximum Gasteiger partial charge on any atom is 0.332 e. The molecule has 0 bridgehead atoms. The van der Waals surface area contributed by atoms with Crippen LogP contribution in [0.3, 0.4) is 0 Å². The van der Waals surface area contributed by atoms with Crippen molar-refractivity contribution in [2.75, 3.05) is 31.2 Å². The zero-order valence-electron chi connectivity index (χ0n) is 21.6. The molecule has 0 radical (unpaired) electrons. The highest BCUT2D eigenvalue weighted by Gasteiger charge is 2.38. The molecule has 4 rings (SSSR count). The summed E-state index contributed by atoms with van der Waals surface area (Å²) >= 11 is 0. The van der Waals surface area contributed by atoms with Crippen molar-refractivity contribution >= 4 is 11.8 Å². The smallest absolute Gasteiger partial charge is 0.332 e. The number of esters is 1. The maximum absolute atomic E-state index is 15.4. The molecule has 0 amide bonds. The fourth-order valence-corrected chi connectivity index (χ4v) is 4.47. The van der Waals surface area contributed by atoms with E-state index in [-0.39, 0.29) is 26.1 Å². The molecule has 1 aliphatic rings. The van der Waals surface area contributed by atoms with Crippen LogP contribution in [-0.4, -0.2) is 58.6 Å². The summed E-state index contributed by atoms with van der Waals surface area (Å²) in [4.78, 5) is 23.0. The van der Waals surface area contributed by atoms with Gasteiger partial charge in [-0.3, -0.25) is 4.98 Å². The third-order valence-electron chi connectivity index (χ3n) is 6.36. The first-order valence-corrected chi connectivity index (χ1v) is 12.5. The molecule has 37 heavy (non-hydrogen) atoms. The van der Waals surface area contributed by atoms with E-state index in [1.165, 1.54) is 0 Å². The summed E-state index contributed by atoms with van der Waals surface area (Å²) in [7, 11) is 0. The van der Waals surface area contributed by atoms with Gasteiger partial charge in [-0.2, -0.15) is 0 Å². The molecule has 1 fully saturated rings. The van der Waals surface area contributed by atoms with E-state index in [2.05, 4.69) is 4.98 Å². The molecule has 1 aromatic heterocycles. The van der Waals surface area contributed by atoms with Gasteiger partial charge in [0, 0.05) is 25.9 Å². The van der Waals surface area contributed by atoms with Gasteiger partial charge in [-0.25, -0.2) is 14.2 Å². The summed E-state index contributed by atoms with van der Waals surface area (Å²) in [5.41, 5.74) is -1.91. The number of carbonyl (C=O) groups is 1. The van der Waals surface area contributed by atoms with Crippen molar-refractivity contribution in [1.82, 2.24) is 9.97 Å². The van der Waals surface area contributed by atoms with Crippen molar-refractivity contribution < 1.29 is 23.8 Å². The third kappa shape index (κ3) is 6.50. The van der Waals surface area contributed by atoms with E-state index < -0.39 is 22.8 Å². The second-order valence-corrected chi connectivity index (χ2v) is 10.4. The van der Waals surface area contributed by atoms with Crippen LogP contribution in [0, 0.1) is 0 Å². The van der Waals surface area contributed by atoms with E-state index in [1.807, 2.05) is 65.6 Å². The summed E-state index contributed by atoms with van der Waals surface area (Å²) in [6.07, 6.45) is 3.63. The number of aliphatic hydroxyl groups is 1. The Balaban J connectivity index is 1.46. The van der Waals surface area contributed by atoms with Crippen molar-refractivity contribution in [1.29, 1.82) is 0 Å². The van der Waals surface area contributed by atoms with Crippen LogP contribution in [0.25, 0.3) is 0 Å². The number of aromatic nitrogens is 2. The maximum atomic E-state index is 15.4. The lowest BCUT2D eigenvalue weighted by atomic mass is 9.83. The number of hydrogen-bond donors (Lipinski definition) is 1. The summed E-state index contributed by atoms with van der Waals surface area (Å²) in [5.74, 6) is 0.0597. The van der Waals surface area contributed by atoms with Gasteiger partial charge >= 0.3 is 5.97 Å². The van der Waals surface area contributed by atoms with Crippen LogP contribution in [0.4, 0.5) is 10.2 Å². The summed E-state index contributed by atoms with van der Waals surface area (Å²) in [6.45, 7) is 5.67. The quantitative estimate of drug-likeness (QED) is 0.452. The van der Waals surface area contributed by atoms with Crippen LogP contribution in [0.2, 0.25) is 0 Å². The van der Waals surface area contributed by atoms with Gasteiger partial charge in [0.05, 0.1) is 19.0 Å². The Bertz CT molecular complexity index is 1140. The average Bonchev–Trinajstić information content (AvgIpc) is 2.88. The van der Waals surface area contributed by atoms with Gasteiger partial charge in [0.15, 0.2) is 5.60 Å². The van der Waals surface area contributed by atoms with Crippen molar-refractivity contribution in [3.63, 3.8) is 0 Å². The van der Waals surface area contributed by atoms with Crippen LogP contribution >= 0.6 is 0 Å². The number of hydrogen-bond acceptors (Lipinski definition) is 7. The molecule has 1 aliphatic heterocycles. The molecule has 1 saturated heterocycles. The van der Waals surface area contributed by atoms with Crippen LogP contribution in [0.15, 0.2) is 73.1 Å². The number of benzene rings is 2. The molecule has 8 heteroatoms. The monoisotopic (exact) mass is 507 g/mol. The fraction of sp³-hybridized carbons (Fsp3) is 0.414. The number of piperidine rings is 1. The second-order valence-electron chi connectivity index (χ2n) is 10.4. The molecular weight excluding hydrogens is 473 g/mol. The Morgan fingerprint density at radius 2 is 1.57 bits per heavy atom. The average molecular weight is 508 g/mol. The molecule has 2 aromatic carbocycles. The number of alkyl halides is 1. The highest BCUT2D eigenvalue weighted by atomic mass is 19.1. The summed E-state index contributed by atoms with van der Waals surface area (Å²) < 4.78 is 25.9. The summed E-state index contributed by atoms with van der Waals surface area (Å²) in [5, 5.41) is 12.0. The van der Waals surface area contributed by atoms with Crippen LogP contribution in [0.5, 0.6) is 0 Å². The molecule has 0 saturated carbocycles. The van der Waals surface area contributed by atoms with Gasteiger partial charge in [0.2, 0.25) is 0 Å². The van der Waals surface area contributed by atoms with Crippen LogP contribution in [0.1, 0.15) is 50.4 Å². The minimum Gasteiger partial charge on any atom is -0.458 e. The van der Waals surface area contributed by atoms with Gasteiger partial charge < -0.3 is 19.5 Å². The van der Waals surface area contributed by atoms with Gasteiger partial charge in [-0.05, 0) is 31.9 Å². The first-order valence-electron chi connectivity index (χ1n) is 12.5. The lowest BCUT2D eigenvalue weighted by molar-refractivity contribution is -0.161. The predicted molar refractivity (Wildman–Crippen MR) is 139 cm³/mol. The Hall–Kier alpha value is -3.36. The lowest BCUT2D eigenvalue weighted by Gasteiger charge is -2.37. The van der Waals surface area contributed by atoms with Crippen molar-refractivity contribution in [3.05, 3.63) is 89.9 Å². The molecule has 0 atom stereocenters. The number of ether oxygens (including phenoxy) is 2. The third-order valence-corrected chi connectivity index (χ3v) is 6.36. The number of halogens is 1. The molecule has 1 N–H and O–H groups in total. The molecule has 0 unspecified atom stereocenters. The topological polar surface area (TPSA) is 84.8 Å². The van der Waals surface area contributed by atoms with Crippen LogP contribution in [-0.2, 0) is 19.9 Å². The van der Waals surface area contributed by atoms with Gasteiger partial charge in [0.1, 0.15) is 29.4 Å². The van der Waals surface area contributed by atoms with E-state index in [1.54, 1.807) is 33.2 Å². The second kappa shape index (κ2) is 10.9. The molecule has 196 valence electrons. The number of rotatable bonds is 8. The Kier molecular flexibility index (Phi) is 7.90. The largest absolute Gasteiger partial charge is 0.458 e. The summed E-state index contributed by atoms with van der Waals surface area (Å²) in [6, 6.07) is 18.7. The normalized spacial score (nSPS) is 15.9. The van der Waals surface area contributed by atoms with Crippen molar-refractivity contribution in [2.45, 2.75) is 50.5 Å². The minimum absolute atomic E-state index is 0.173. The highest BCUT2D eigenvalue weighted by molar-refractivity contribution is 5.71. The van der Waals surface area contributed by atoms with Gasteiger partial charge in [-0.1, -0.05) is 60.7 Å². The standard InChI is InChI=1S/C29H34FN3O4/c1-27(2,3)37-26(34)20-36-21-28(30)14-16-33(17-15-28)25-19-31-18-24(32-25)29(35,22-10-6-4-7-11-22)23-12-8-5-9-13-23/h4-13,18-19,35H,14-17,20-21H2,1-3H3. The van der Waals surface area contributed by atoms with E-state index in [9.17, 15) is 9.90 Å². The van der Waals surface area contributed by atoms with Crippen LogP contribution < -0.4 is 4.90 Å². The van der Waals surface area contributed by atoms with Crippen molar-refractivity contribution in [3.8, 4) is 0 Å². The predicted octanol–water partition coefficient (Wildman–Crippen LogP) is 4.43. The molecule has 3 aromatic rings. The lowest BCUT2D eigenvalue weighted by Crippen LogP contribution is -2.45. The minimum atomic E-state index is -1.54. The molecular formula is C29H34FN3O4. The van der Waals surface area contributed by atoms with Crippen molar-refractivity contribution in [2.24, 2.45) is 0 Å². The zero-order valence-corrected chi connectivity index (χ0v) is 21.6. The first kappa shape index (κ1) is 26.7. The molecule has 7 nitrogen and oxygen atoms in total. The van der Waals surface area contributed by atoms with E-state index in [0.717, 1.165) is 0 Å². The molecule has 0 spiro atoms. The highest BCUT2D eigenvalue weighted by Crippen LogP contribution is 2.36. The van der Waals surface area contributed by atoms with Gasteiger partial charge in [-0.15, -0.1) is 0 Å². The Labute approximate surface area is 217 Å². The van der Waals surface area contributed by atoms with E-state index in [0.29, 0.717) is 35.7 Å². The first-order chi connectivity index (χ1) is 17.6. The SMILES string of the molecule is CC(C)(C)OC(=O)COCC1(F)CCN(c2cncc(C(O)(c3ccccc3)c3ccccc3)n2)CC1. The number of carbonyl (C=O) groups excluding carboxylic acids is 1. The van der Waals surface area contributed by atoms with Gasteiger partial charge in [0.25, 0.3) is 0 Å². The zero-order chi connectivity index (χ0) is 26.5. The van der Waals surface area contributed by atoms with E-state index >= 15 is 4.39 Å². The Morgan fingerprint density at radius 1 is 1.00 bits per heavy atom.